The third-order valence-electron chi connectivity index (χ3n) is 4.74. The van der Waals surface area contributed by atoms with E-state index in [-0.39, 0.29) is 11.9 Å². The van der Waals surface area contributed by atoms with Crippen molar-refractivity contribution in [2.75, 3.05) is 0 Å². The van der Waals surface area contributed by atoms with Crippen LogP contribution in [-0.2, 0) is 14.3 Å². The molecule has 1 heterocycles. The van der Waals surface area contributed by atoms with E-state index in [1.807, 2.05) is 6.92 Å². The van der Waals surface area contributed by atoms with Crippen LogP contribution in [0.15, 0.2) is 0 Å². The Balaban J connectivity index is 2.17. The average molecular weight is 194 g/mol. The molecule has 1 saturated heterocycles. The Hall–Kier alpha value is -0.860. The topological polar surface area (TPSA) is 43.4 Å². The molecule has 0 aromatic carbocycles. The molecule has 3 atom stereocenters. The van der Waals surface area contributed by atoms with E-state index in [9.17, 15) is 9.59 Å². The lowest BCUT2D eigenvalue weighted by Crippen LogP contribution is -2.40. The number of cyclic esters (lactones) is 2. The number of ether oxygens (including phenoxy) is 1. The maximum absolute atomic E-state index is 11.8. The minimum atomic E-state index is -0.438. The SMILES string of the molecule is CCC12CC3CCC1(C3)C(=O)OC2=O. The molecule has 3 aliphatic rings. The van der Waals surface area contributed by atoms with E-state index in [1.165, 1.54) is 0 Å². The molecule has 76 valence electrons. The molecular formula is C11H14O3. The van der Waals surface area contributed by atoms with Gasteiger partial charge in [-0.2, -0.15) is 0 Å². The second-order valence-electron chi connectivity index (χ2n) is 5.01. The zero-order valence-electron chi connectivity index (χ0n) is 8.34. The van der Waals surface area contributed by atoms with Crippen LogP contribution in [0.1, 0.15) is 39.0 Å². The van der Waals surface area contributed by atoms with Gasteiger partial charge in [-0.3, -0.25) is 9.59 Å². The summed E-state index contributed by atoms with van der Waals surface area (Å²) in [6.45, 7) is 2.00. The number of hydrogen-bond donors (Lipinski definition) is 0. The first-order chi connectivity index (χ1) is 6.64. The van der Waals surface area contributed by atoms with Crippen molar-refractivity contribution < 1.29 is 14.3 Å². The summed E-state index contributed by atoms with van der Waals surface area (Å²) >= 11 is 0. The van der Waals surface area contributed by atoms with E-state index >= 15 is 0 Å². The molecule has 2 aliphatic carbocycles. The average Bonchev–Trinajstić information content (AvgIpc) is 2.77. The van der Waals surface area contributed by atoms with Gasteiger partial charge in [0.2, 0.25) is 0 Å². The molecule has 14 heavy (non-hydrogen) atoms. The largest absolute Gasteiger partial charge is 0.392 e. The van der Waals surface area contributed by atoms with Crippen LogP contribution < -0.4 is 0 Å². The fourth-order valence-electron chi connectivity index (χ4n) is 4.01. The summed E-state index contributed by atoms with van der Waals surface area (Å²) in [5.74, 6) is 0.114. The third kappa shape index (κ3) is 0.615. The Bertz CT molecular complexity index is 321. The van der Waals surface area contributed by atoms with Crippen LogP contribution in [0.3, 0.4) is 0 Å². The quantitative estimate of drug-likeness (QED) is 0.471. The van der Waals surface area contributed by atoms with Crippen LogP contribution in [0.5, 0.6) is 0 Å². The van der Waals surface area contributed by atoms with Crippen molar-refractivity contribution >= 4 is 11.9 Å². The lowest BCUT2D eigenvalue weighted by molar-refractivity contribution is -0.156. The van der Waals surface area contributed by atoms with Crippen molar-refractivity contribution in [2.24, 2.45) is 16.7 Å². The van der Waals surface area contributed by atoms with Gasteiger partial charge in [-0.05, 0) is 38.0 Å². The van der Waals surface area contributed by atoms with Gasteiger partial charge in [-0.15, -0.1) is 0 Å². The van der Waals surface area contributed by atoms with Crippen molar-refractivity contribution in [1.82, 2.24) is 0 Å². The fourth-order valence-corrected chi connectivity index (χ4v) is 4.01. The Morgan fingerprint density at radius 2 is 2.14 bits per heavy atom. The zero-order chi connectivity index (χ0) is 9.97. The summed E-state index contributed by atoms with van der Waals surface area (Å²) in [5.41, 5.74) is -0.851. The Morgan fingerprint density at radius 3 is 2.71 bits per heavy atom. The molecule has 0 aromatic heterocycles. The smallest absolute Gasteiger partial charge is 0.320 e. The van der Waals surface area contributed by atoms with E-state index in [0.29, 0.717) is 5.92 Å². The van der Waals surface area contributed by atoms with Gasteiger partial charge in [-0.1, -0.05) is 6.92 Å². The van der Waals surface area contributed by atoms with Crippen molar-refractivity contribution in [1.29, 1.82) is 0 Å². The molecule has 1 spiro atoms. The summed E-state index contributed by atoms with van der Waals surface area (Å²) in [6.07, 6.45) is 4.51. The third-order valence-corrected chi connectivity index (χ3v) is 4.74. The highest BCUT2D eigenvalue weighted by atomic mass is 16.6. The maximum atomic E-state index is 11.8. The molecule has 0 radical (unpaired) electrons. The second kappa shape index (κ2) is 2.20. The van der Waals surface area contributed by atoms with E-state index in [4.69, 9.17) is 4.74 Å². The van der Waals surface area contributed by atoms with Gasteiger partial charge in [0.1, 0.15) is 0 Å². The summed E-state index contributed by atoms with van der Waals surface area (Å²) < 4.78 is 4.87. The fraction of sp³-hybridized carbons (Fsp3) is 0.818. The first-order valence-electron chi connectivity index (χ1n) is 5.41. The lowest BCUT2D eigenvalue weighted by atomic mass is 9.63. The first kappa shape index (κ1) is 8.45. The highest BCUT2D eigenvalue weighted by Crippen LogP contribution is 2.69. The van der Waals surface area contributed by atoms with Crippen LogP contribution >= 0.6 is 0 Å². The monoisotopic (exact) mass is 194 g/mol. The zero-order valence-corrected chi connectivity index (χ0v) is 8.34. The van der Waals surface area contributed by atoms with Crippen molar-refractivity contribution in [3.63, 3.8) is 0 Å². The molecule has 0 aromatic rings. The Kier molecular flexibility index (Phi) is 1.33. The highest BCUT2D eigenvalue weighted by molar-refractivity contribution is 6.02. The van der Waals surface area contributed by atoms with E-state index in [1.54, 1.807) is 0 Å². The normalized spacial score (nSPS) is 49.6. The van der Waals surface area contributed by atoms with E-state index in [0.717, 1.165) is 32.1 Å². The number of esters is 2. The number of carbonyl (C=O) groups excluding carboxylic acids is 2. The summed E-state index contributed by atoms with van der Waals surface area (Å²) in [5, 5.41) is 0. The van der Waals surface area contributed by atoms with E-state index < -0.39 is 10.8 Å². The highest BCUT2D eigenvalue weighted by Gasteiger charge is 2.73. The van der Waals surface area contributed by atoms with Gasteiger partial charge in [0, 0.05) is 0 Å². The van der Waals surface area contributed by atoms with Gasteiger partial charge in [0.15, 0.2) is 0 Å². The van der Waals surface area contributed by atoms with Crippen LogP contribution in [0, 0.1) is 16.7 Å². The van der Waals surface area contributed by atoms with Gasteiger partial charge in [0.05, 0.1) is 10.8 Å². The Morgan fingerprint density at radius 1 is 1.36 bits per heavy atom. The molecule has 2 bridgehead atoms. The predicted molar refractivity (Wildman–Crippen MR) is 48.2 cm³/mol. The molecule has 3 heteroatoms. The Labute approximate surface area is 82.8 Å². The number of fused-ring (bicyclic) bond motifs is 1. The number of hydrogen-bond acceptors (Lipinski definition) is 3. The van der Waals surface area contributed by atoms with Crippen LogP contribution in [-0.4, -0.2) is 11.9 Å². The standard InChI is InChI=1S/C11H14O3/c1-2-10-5-7-3-4-11(10,6-7)9(13)14-8(10)12/h7H,2-6H2,1H3. The van der Waals surface area contributed by atoms with Gasteiger partial charge in [-0.25, -0.2) is 0 Å². The minimum Gasteiger partial charge on any atom is -0.392 e. The predicted octanol–water partition coefficient (Wildman–Crippen LogP) is 1.66. The molecule has 3 fully saturated rings. The molecule has 0 N–H and O–H groups in total. The van der Waals surface area contributed by atoms with Gasteiger partial charge >= 0.3 is 11.9 Å². The van der Waals surface area contributed by atoms with Crippen molar-refractivity contribution in [2.45, 2.75) is 39.0 Å². The molecule has 1 aliphatic heterocycles. The number of rotatable bonds is 1. The summed E-state index contributed by atoms with van der Waals surface area (Å²) in [6, 6.07) is 0. The first-order valence-corrected chi connectivity index (χ1v) is 5.41. The molecule has 3 rings (SSSR count). The summed E-state index contributed by atoms with van der Waals surface area (Å²) in [4.78, 5) is 23.5. The molecular weight excluding hydrogens is 180 g/mol. The van der Waals surface area contributed by atoms with Crippen LogP contribution in [0.25, 0.3) is 0 Å². The molecule has 3 nitrogen and oxygen atoms in total. The number of carbonyl (C=O) groups is 2. The maximum Gasteiger partial charge on any atom is 0.320 e. The van der Waals surface area contributed by atoms with Crippen molar-refractivity contribution in [3.8, 4) is 0 Å². The van der Waals surface area contributed by atoms with Crippen LogP contribution in [0.2, 0.25) is 0 Å². The second-order valence-corrected chi connectivity index (χ2v) is 5.01. The van der Waals surface area contributed by atoms with Gasteiger partial charge < -0.3 is 4.74 Å². The minimum absolute atomic E-state index is 0.232. The summed E-state index contributed by atoms with van der Waals surface area (Å²) in [7, 11) is 0. The lowest BCUT2D eigenvalue weighted by Gasteiger charge is -2.33. The van der Waals surface area contributed by atoms with Gasteiger partial charge in [0.25, 0.3) is 0 Å². The van der Waals surface area contributed by atoms with Crippen LogP contribution in [0.4, 0.5) is 0 Å². The molecule has 2 saturated carbocycles. The van der Waals surface area contributed by atoms with Crippen molar-refractivity contribution in [3.05, 3.63) is 0 Å². The molecule has 3 unspecified atom stereocenters. The van der Waals surface area contributed by atoms with E-state index in [2.05, 4.69) is 0 Å². The molecule has 0 amide bonds.